The maximum Gasteiger partial charge on any atom is 0.151 e. The highest BCUT2D eigenvalue weighted by Gasteiger charge is 2.05. The second-order valence-corrected chi connectivity index (χ2v) is 3.35. The first-order valence-electron chi connectivity index (χ1n) is 4.66. The molecular formula is C12H7FN2. The van der Waals surface area contributed by atoms with Gasteiger partial charge in [-0.25, -0.2) is 4.39 Å². The van der Waals surface area contributed by atoms with Crippen LogP contribution in [0.4, 0.5) is 4.39 Å². The summed E-state index contributed by atoms with van der Waals surface area (Å²) in [6.45, 7) is 0. The van der Waals surface area contributed by atoms with Crippen molar-refractivity contribution in [2.45, 2.75) is 0 Å². The number of nitrogens with zero attached hydrogens (tertiary/aromatic N) is 2. The van der Waals surface area contributed by atoms with Gasteiger partial charge in [0, 0.05) is 10.8 Å². The lowest BCUT2D eigenvalue weighted by molar-refractivity contribution is 0.635. The Morgan fingerprint density at radius 3 is 2.53 bits per heavy atom. The van der Waals surface area contributed by atoms with Crippen molar-refractivity contribution in [3.05, 3.63) is 48.3 Å². The van der Waals surface area contributed by atoms with Crippen LogP contribution in [0.3, 0.4) is 0 Å². The number of fused-ring (bicyclic) bond motifs is 3. The Kier molecular flexibility index (Phi) is 1.65. The standard InChI is InChI=1S/C12H7FN2/c13-10-6-3-5-9-8-4-1-2-7-11(8)14-15-12(9)10/h1-7H. The van der Waals surface area contributed by atoms with Gasteiger partial charge in [0.25, 0.3) is 0 Å². The molecule has 2 aromatic carbocycles. The van der Waals surface area contributed by atoms with Crippen molar-refractivity contribution in [1.82, 2.24) is 10.2 Å². The first kappa shape index (κ1) is 8.29. The Morgan fingerprint density at radius 1 is 0.800 bits per heavy atom. The Balaban J connectivity index is 2.60. The van der Waals surface area contributed by atoms with Crippen LogP contribution in [0.25, 0.3) is 21.8 Å². The number of rotatable bonds is 0. The summed E-state index contributed by atoms with van der Waals surface area (Å²) in [6, 6.07) is 12.5. The van der Waals surface area contributed by atoms with Crippen LogP contribution in [0.2, 0.25) is 0 Å². The van der Waals surface area contributed by atoms with E-state index < -0.39 is 0 Å². The summed E-state index contributed by atoms with van der Waals surface area (Å²) >= 11 is 0. The third kappa shape index (κ3) is 1.16. The van der Waals surface area contributed by atoms with E-state index in [9.17, 15) is 4.39 Å². The lowest BCUT2D eigenvalue weighted by atomic mass is 10.1. The van der Waals surface area contributed by atoms with Gasteiger partial charge in [0.2, 0.25) is 0 Å². The number of hydrogen-bond donors (Lipinski definition) is 0. The molecule has 0 amide bonds. The zero-order valence-electron chi connectivity index (χ0n) is 7.81. The van der Waals surface area contributed by atoms with E-state index in [-0.39, 0.29) is 5.82 Å². The molecule has 3 heteroatoms. The van der Waals surface area contributed by atoms with E-state index in [0.717, 1.165) is 16.3 Å². The fourth-order valence-electron chi connectivity index (χ4n) is 1.73. The minimum absolute atomic E-state index is 0.328. The first-order chi connectivity index (χ1) is 7.36. The number of aromatic nitrogens is 2. The molecule has 72 valence electrons. The number of halogens is 1. The molecule has 0 saturated carbocycles. The van der Waals surface area contributed by atoms with Crippen LogP contribution in [-0.2, 0) is 0 Å². The number of benzene rings is 2. The van der Waals surface area contributed by atoms with Crippen molar-refractivity contribution >= 4 is 21.8 Å². The zero-order valence-corrected chi connectivity index (χ0v) is 7.81. The molecule has 1 aromatic heterocycles. The van der Waals surface area contributed by atoms with E-state index in [4.69, 9.17) is 0 Å². The quantitative estimate of drug-likeness (QED) is 0.519. The van der Waals surface area contributed by atoms with Crippen LogP contribution in [-0.4, -0.2) is 10.2 Å². The molecule has 0 atom stereocenters. The molecule has 0 spiro atoms. The molecule has 15 heavy (non-hydrogen) atoms. The van der Waals surface area contributed by atoms with Crippen molar-refractivity contribution < 1.29 is 4.39 Å². The Labute approximate surface area is 85.4 Å². The van der Waals surface area contributed by atoms with Crippen molar-refractivity contribution in [1.29, 1.82) is 0 Å². The third-order valence-electron chi connectivity index (χ3n) is 2.44. The summed E-state index contributed by atoms with van der Waals surface area (Å²) in [6.07, 6.45) is 0. The summed E-state index contributed by atoms with van der Waals surface area (Å²) < 4.78 is 13.4. The van der Waals surface area contributed by atoms with Gasteiger partial charge in [-0.3, -0.25) is 0 Å². The molecule has 0 bridgehead atoms. The van der Waals surface area contributed by atoms with Crippen LogP contribution in [0.15, 0.2) is 42.5 Å². The van der Waals surface area contributed by atoms with Crippen molar-refractivity contribution in [2.75, 3.05) is 0 Å². The minimum atomic E-state index is -0.328. The topological polar surface area (TPSA) is 25.8 Å². The molecule has 3 aromatic rings. The van der Waals surface area contributed by atoms with E-state index in [2.05, 4.69) is 10.2 Å². The maximum atomic E-state index is 13.4. The largest absolute Gasteiger partial charge is 0.205 e. The summed E-state index contributed by atoms with van der Waals surface area (Å²) in [5.74, 6) is -0.328. The van der Waals surface area contributed by atoms with Crippen molar-refractivity contribution in [3.8, 4) is 0 Å². The van der Waals surface area contributed by atoms with Gasteiger partial charge in [-0.05, 0) is 12.1 Å². The highest BCUT2D eigenvalue weighted by Crippen LogP contribution is 2.22. The summed E-state index contributed by atoms with van der Waals surface area (Å²) in [7, 11) is 0. The third-order valence-corrected chi connectivity index (χ3v) is 2.44. The Bertz CT molecular complexity index is 649. The lowest BCUT2D eigenvalue weighted by Crippen LogP contribution is -1.89. The molecule has 0 fully saturated rings. The van der Waals surface area contributed by atoms with Gasteiger partial charge < -0.3 is 0 Å². The van der Waals surface area contributed by atoms with Crippen LogP contribution < -0.4 is 0 Å². The molecule has 0 aliphatic carbocycles. The monoisotopic (exact) mass is 198 g/mol. The van der Waals surface area contributed by atoms with Crippen molar-refractivity contribution in [2.24, 2.45) is 0 Å². The molecule has 2 nitrogen and oxygen atoms in total. The predicted molar refractivity (Wildman–Crippen MR) is 57.0 cm³/mol. The fraction of sp³-hybridized carbons (Fsp3) is 0. The van der Waals surface area contributed by atoms with E-state index in [1.165, 1.54) is 6.07 Å². The maximum absolute atomic E-state index is 13.4. The second-order valence-electron chi connectivity index (χ2n) is 3.35. The Morgan fingerprint density at radius 2 is 1.60 bits per heavy atom. The van der Waals surface area contributed by atoms with Crippen LogP contribution >= 0.6 is 0 Å². The van der Waals surface area contributed by atoms with Gasteiger partial charge in [-0.1, -0.05) is 30.3 Å². The van der Waals surface area contributed by atoms with Gasteiger partial charge in [-0.15, -0.1) is 10.2 Å². The van der Waals surface area contributed by atoms with Crippen LogP contribution in [0.5, 0.6) is 0 Å². The molecule has 0 N–H and O–H groups in total. The van der Waals surface area contributed by atoms with E-state index in [1.807, 2.05) is 30.3 Å². The van der Waals surface area contributed by atoms with Gasteiger partial charge in [-0.2, -0.15) is 0 Å². The highest BCUT2D eigenvalue weighted by molar-refractivity contribution is 6.03. The molecule has 1 heterocycles. The van der Waals surface area contributed by atoms with Gasteiger partial charge in [0.1, 0.15) is 5.52 Å². The Hall–Kier alpha value is -2.03. The predicted octanol–water partition coefficient (Wildman–Crippen LogP) is 2.92. The normalized spacial score (nSPS) is 11.0. The molecule has 0 unspecified atom stereocenters. The number of hydrogen-bond acceptors (Lipinski definition) is 2. The van der Waals surface area contributed by atoms with E-state index in [0.29, 0.717) is 5.52 Å². The van der Waals surface area contributed by atoms with Crippen molar-refractivity contribution in [3.63, 3.8) is 0 Å². The zero-order chi connectivity index (χ0) is 10.3. The van der Waals surface area contributed by atoms with Gasteiger partial charge >= 0.3 is 0 Å². The lowest BCUT2D eigenvalue weighted by Gasteiger charge is -2.01. The average Bonchev–Trinajstić information content (AvgIpc) is 2.29. The first-order valence-corrected chi connectivity index (χ1v) is 4.66. The molecule has 0 aliphatic rings. The highest BCUT2D eigenvalue weighted by atomic mass is 19.1. The minimum Gasteiger partial charge on any atom is -0.205 e. The molecular weight excluding hydrogens is 191 g/mol. The molecule has 3 rings (SSSR count). The molecule has 0 radical (unpaired) electrons. The van der Waals surface area contributed by atoms with Crippen LogP contribution in [0.1, 0.15) is 0 Å². The summed E-state index contributed by atoms with van der Waals surface area (Å²) in [5, 5.41) is 9.60. The SMILES string of the molecule is Fc1cccc2c1nnc1ccccc12. The van der Waals surface area contributed by atoms with Gasteiger partial charge in [0.05, 0.1) is 5.52 Å². The average molecular weight is 198 g/mol. The smallest absolute Gasteiger partial charge is 0.151 e. The molecule has 0 saturated heterocycles. The summed E-state index contributed by atoms with van der Waals surface area (Å²) in [4.78, 5) is 0. The van der Waals surface area contributed by atoms with Gasteiger partial charge in [0.15, 0.2) is 5.82 Å². The summed E-state index contributed by atoms with van der Waals surface area (Å²) in [5.41, 5.74) is 1.12. The second kappa shape index (κ2) is 2.98. The fourth-order valence-corrected chi connectivity index (χ4v) is 1.73. The van der Waals surface area contributed by atoms with Crippen LogP contribution in [0, 0.1) is 5.82 Å². The molecule has 0 aliphatic heterocycles. The van der Waals surface area contributed by atoms with E-state index in [1.54, 1.807) is 6.07 Å². The van der Waals surface area contributed by atoms with E-state index >= 15 is 0 Å².